The van der Waals surface area contributed by atoms with Gasteiger partial charge in [-0.15, -0.1) is 0 Å². The smallest absolute Gasteiger partial charge is 0.309 e. The van der Waals surface area contributed by atoms with Gasteiger partial charge in [0.15, 0.2) is 0 Å². The van der Waals surface area contributed by atoms with E-state index < -0.39 is 7.92 Å². The van der Waals surface area contributed by atoms with Gasteiger partial charge in [0.2, 0.25) is 0 Å². The highest BCUT2D eigenvalue weighted by molar-refractivity contribution is 7.61. The molecule has 0 aliphatic carbocycles. The van der Waals surface area contributed by atoms with E-state index >= 15 is 0 Å². The highest BCUT2D eigenvalue weighted by Crippen LogP contribution is 2.49. The fourth-order valence-corrected chi connectivity index (χ4v) is 2.91. The van der Waals surface area contributed by atoms with Gasteiger partial charge in [-0.1, -0.05) is 28.7 Å². The van der Waals surface area contributed by atoms with E-state index in [1.165, 1.54) is 14.2 Å². The Labute approximate surface area is 92.1 Å². The number of carbonyl (C=O) groups is 2. The molecule has 0 atom stereocenters. The first-order chi connectivity index (χ1) is 6.81. The van der Waals surface area contributed by atoms with Crippen molar-refractivity contribution in [1.82, 2.24) is 0 Å². The van der Waals surface area contributed by atoms with Crippen molar-refractivity contribution < 1.29 is 19.1 Å². The summed E-state index contributed by atoms with van der Waals surface area (Å²) in [4.78, 5) is 22.4. The molecule has 0 saturated carbocycles. The number of ether oxygens (including phenoxy) is 2. The van der Waals surface area contributed by atoms with Crippen LogP contribution in [0.3, 0.4) is 0 Å². The second-order valence-corrected chi connectivity index (χ2v) is 7.23. The second-order valence-electron chi connectivity index (χ2n) is 4.18. The molecule has 0 bridgehead atoms. The van der Waals surface area contributed by atoms with Gasteiger partial charge in [-0.25, -0.2) is 0 Å². The van der Waals surface area contributed by atoms with E-state index in [4.69, 9.17) is 0 Å². The molecule has 0 rings (SSSR count). The number of esters is 2. The molecule has 88 valence electrons. The van der Waals surface area contributed by atoms with Crippen LogP contribution in [0.25, 0.3) is 0 Å². The SMILES string of the molecule is COC(=O)CP(CC(=O)OC)C(C)(C)C. The van der Waals surface area contributed by atoms with E-state index in [0.29, 0.717) is 12.3 Å². The Morgan fingerprint density at radius 3 is 1.53 bits per heavy atom. The first-order valence-corrected chi connectivity index (χ1v) is 6.41. The molecular formula is C10H19O4P. The fraction of sp³-hybridized carbons (Fsp3) is 0.800. The molecule has 4 nitrogen and oxygen atoms in total. The Bertz CT molecular complexity index is 214. The predicted octanol–water partition coefficient (Wildman–Crippen LogP) is 1.61. The van der Waals surface area contributed by atoms with Gasteiger partial charge in [-0.05, 0) is 5.16 Å². The van der Waals surface area contributed by atoms with E-state index in [1.807, 2.05) is 20.8 Å². The second kappa shape index (κ2) is 6.06. The van der Waals surface area contributed by atoms with Crippen LogP contribution in [0.15, 0.2) is 0 Å². The van der Waals surface area contributed by atoms with Gasteiger partial charge in [0.25, 0.3) is 0 Å². The van der Waals surface area contributed by atoms with Crippen LogP contribution in [0.5, 0.6) is 0 Å². The van der Waals surface area contributed by atoms with E-state index in [9.17, 15) is 9.59 Å². The van der Waals surface area contributed by atoms with E-state index in [2.05, 4.69) is 9.47 Å². The summed E-state index contributed by atoms with van der Waals surface area (Å²) in [6.07, 6.45) is 0.620. The van der Waals surface area contributed by atoms with Gasteiger partial charge >= 0.3 is 11.9 Å². The zero-order chi connectivity index (χ0) is 12.1. The van der Waals surface area contributed by atoms with Crippen LogP contribution < -0.4 is 0 Å². The maximum absolute atomic E-state index is 11.2. The molecule has 0 fully saturated rings. The Hall–Kier alpha value is -0.630. The predicted molar refractivity (Wildman–Crippen MR) is 60.4 cm³/mol. The zero-order valence-electron chi connectivity index (χ0n) is 9.99. The Balaban J connectivity index is 4.46. The van der Waals surface area contributed by atoms with Crippen molar-refractivity contribution in [1.29, 1.82) is 0 Å². The summed E-state index contributed by atoms with van der Waals surface area (Å²) in [5, 5.41) is -0.0578. The van der Waals surface area contributed by atoms with E-state index in [-0.39, 0.29) is 17.1 Å². The number of hydrogen-bond acceptors (Lipinski definition) is 4. The molecule has 0 heterocycles. The van der Waals surface area contributed by atoms with Crippen molar-refractivity contribution >= 4 is 19.9 Å². The van der Waals surface area contributed by atoms with Crippen molar-refractivity contribution in [3.63, 3.8) is 0 Å². The van der Waals surface area contributed by atoms with Crippen LogP contribution in [0, 0.1) is 0 Å². The molecule has 15 heavy (non-hydrogen) atoms. The highest BCUT2D eigenvalue weighted by atomic mass is 31.1. The molecule has 0 unspecified atom stereocenters. The van der Waals surface area contributed by atoms with Crippen LogP contribution in [-0.4, -0.2) is 43.6 Å². The molecule has 0 aromatic rings. The molecule has 0 amide bonds. The number of carbonyl (C=O) groups excluding carboxylic acids is 2. The summed E-state index contributed by atoms with van der Waals surface area (Å²) in [5.41, 5.74) is 0. The summed E-state index contributed by atoms with van der Waals surface area (Å²) in [5.74, 6) is -0.528. The molecule has 0 N–H and O–H groups in total. The zero-order valence-corrected chi connectivity index (χ0v) is 10.9. The minimum absolute atomic E-state index is 0.0578. The van der Waals surface area contributed by atoms with Crippen LogP contribution in [-0.2, 0) is 19.1 Å². The van der Waals surface area contributed by atoms with Crippen molar-refractivity contribution in [3.8, 4) is 0 Å². The van der Waals surface area contributed by atoms with Gasteiger partial charge in [0.1, 0.15) is 0 Å². The maximum atomic E-state index is 11.2. The molecule has 0 aromatic heterocycles. The van der Waals surface area contributed by atoms with Gasteiger partial charge < -0.3 is 9.47 Å². The Morgan fingerprint density at radius 2 is 1.33 bits per heavy atom. The molecule has 0 spiro atoms. The van der Waals surface area contributed by atoms with Crippen molar-refractivity contribution in [2.75, 3.05) is 26.5 Å². The minimum Gasteiger partial charge on any atom is -0.469 e. The summed E-state index contributed by atoms with van der Waals surface area (Å²) >= 11 is 0. The third kappa shape index (κ3) is 5.73. The maximum Gasteiger partial charge on any atom is 0.309 e. The standard InChI is InChI=1S/C10H19O4P/c1-10(2,3)15(6-8(11)13-4)7-9(12)14-5/h6-7H2,1-5H3. The van der Waals surface area contributed by atoms with Crippen molar-refractivity contribution in [3.05, 3.63) is 0 Å². The van der Waals surface area contributed by atoms with Crippen molar-refractivity contribution in [2.45, 2.75) is 25.9 Å². The molecule has 0 radical (unpaired) electrons. The largest absolute Gasteiger partial charge is 0.469 e. The van der Waals surface area contributed by atoms with E-state index in [0.717, 1.165) is 0 Å². The normalized spacial score (nSPS) is 11.3. The summed E-state index contributed by atoms with van der Waals surface area (Å²) < 4.78 is 9.23. The Kier molecular flexibility index (Phi) is 5.81. The van der Waals surface area contributed by atoms with Crippen LogP contribution in [0.2, 0.25) is 0 Å². The van der Waals surface area contributed by atoms with Gasteiger partial charge in [-0.3, -0.25) is 9.59 Å². The lowest BCUT2D eigenvalue weighted by molar-refractivity contribution is -0.137. The first kappa shape index (κ1) is 14.4. The van der Waals surface area contributed by atoms with Crippen LogP contribution >= 0.6 is 7.92 Å². The Morgan fingerprint density at radius 1 is 1.00 bits per heavy atom. The van der Waals surface area contributed by atoms with Crippen LogP contribution in [0.1, 0.15) is 20.8 Å². The lowest BCUT2D eigenvalue weighted by atomic mass is 10.3. The van der Waals surface area contributed by atoms with Crippen molar-refractivity contribution in [2.24, 2.45) is 0 Å². The lowest BCUT2D eigenvalue weighted by Gasteiger charge is -2.29. The molecule has 0 aliphatic heterocycles. The molecular weight excluding hydrogens is 215 g/mol. The third-order valence-electron chi connectivity index (χ3n) is 2.04. The average Bonchev–Trinajstić information content (AvgIpc) is 2.14. The third-order valence-corrected chi connectivity index (χ3v) is 5.22. The minimum atomic E-state index is -0.741. The number of methoxy groups -OCH3 is 2. The molecule has 0 aliphatic rings. The highest BCUT2D eigenvalue weighted by Gasteiger charge is 2.29. The monoisotopic (exact) mass is 234 g/mol. The van der Waals surface area contributed by atoms with E-state index in [1.54, 1.807) is 0 Å². The molecule has 5 heteroatoms. The van der Waals surface area contributed by atoms with Gasteiger partial charge in [0, 0.05) is 0 Å². The summed E-state index contributed by atoms with van der Waals surface area (Å²) in [6, 6.07) is 0. The summed E-state index contributed by atoms with van der Waals surface area (Å²) in [7, 11) is 1.97. The molecule has 0 saturated heterocycles. The molecule has 0 aromatic carbocycles. The fourth-order valence-electron chi connectivity index (χ4n) is 0.971. The number of hydrogen-bond donors (Lipinski definition) is 0. The average molecular weight is 234 g/mol. The number of rotatable bonds is 4. The van der Waals surface area contributed by atoms with Gasteiger partial charge in [-0.2, -0.15) is 0 Å². The summed E-state index contributed by atoms with van der Waals surface area (Å²) in [6.45, 7) is 6.06. The quantitative estimate of drug-likeness (QED) is 0.547. The van der Waals surface area contributed by atoms with Gasteiger partial charge in [0.05, 0.1) is 26.5 Å². The first-order valence-electron chi connectivity index (χ1n) is 4.70. The van der Waals surface area contributed by atoms with Crippen LogP contribution in [0.4, 0.5) is 0 Å². The topological polar surface area (TPSA) is 52.6 Å². The lowest BCUT2D eigenvalue weighted by Crippen LogP contribution is -2.23.